The monoisotopic (exact) mass is 260 g/mol. The van der Waals surface area contributed by atoms with Crippen LogP contribution in [0.1, 0.15) is 37.8 Å². The fraction of sp³-hybridized carbons (Fsp3) is 0.562. The van der Waals surface area contributed by atoms with Gasteiger partial charge in [0, 0.05) is 13.1 Å². The first-order valence-electron chi connectivity index (χ1n) is 7.24. The zero-order valence-corrected chi connectivity index (χ0v) is 11.9. The molecular weight excluding hydrogens is 236 g/mol. The first kappa shape index (κ1) is 14.1. The summed E-state index contributed by atoms with van der Waals surface area (Å²) in [5, 5.41) is 6.35. The highest BCUT2D eigenvalue weighted by atomic mass is 16.2. The van der Waals surface area contributed by atoms with Crippen LogP contribution in [0.4, 0.5) is 0 Å². The molecule has 1 aromatic carbocycles. The second-order valence-electron chi connectivity index (χ2n) is 5.73. The van der Waals surface area contributed by atoms with E-state index in [1.165, 1.54) is 17.5 Å². The van der Waals surface area contributed by atoms with E-state index in [0.717, 1.165) is 25.9 Å². The molecule has 1 amide bonds. The summed E-state index contributed by atoms with van der Waals surface area (Å²) < 4.78 is 0. The summed E-state index contributed by atoms with van der Waals surface area (Å²) in [7, 11) is 0. The van der Waals surface area contributed by atoms with Gasteiger partial charge in [-0.1, -0.05) is 38.1 Å². The number of nitrogens with one attached hydrogen (secondary N) is 2. The molecular formula is C16H24N2O. The summed E-state index contributed by atoms with van der Waals surface area (Å²) in [4.78, 5) is 12.1. The van der Waals surface area contributed by atoms with Crippen LogP contribution in [0.25, 0.3) is 0 Å². The Morgan fingerprint density at radius 1 is 1.37 bits per heavy atom. The van der Waals surface area contributed by atoms with Crippen LogP contribution in [-0.2, 0) is 17.8 Å². The van der Waals surface area contributed by atoms with Crippen molar-refractivity contribution in [3.05, 3.63) is 35.4 Å². The molecule has 2 N–H and O–H groups in total. The highest BCUT2D eigenvalue weighted by molar-refractivity contribution is 5.82. The average molecular weight is 260 g/mol. The third-order valence-corrected chi connectivity index (χ3v) is 3.66. The molecule has 104 valence electrons. The van der Waals surface area contributed by atoms with Crippen molar-refractivity contribution in [2.24, 2.45) is 5.92 Å². The lowest BCUT2D eigenvalue weighted by Gasteiger charge is -2.25. The number of amides is 1. The van der Waals surface area contributed by atoms with Crippen LogP contribution in [0, 0.1) is 5.92 Å². The number of hydrogen-bond donors (Lipinski definition) is 2. The van der Waals surface area contributed by atoms with E-state index in [1.54, 1.807) is 0 Å². The molecule has 19 heavy (non-hydrogen) atoms. The highest BCUT2D eigenvalue weighted by Gasteiger charge is 2.23. The van der Waals surface area contributed by atoms with Crippen molar-refractivity contribution in [1.82, 2.24) is 10.6 Å². The van der Waals surface area contributed by atoms with Gasteiger partial charge in [0.1, 0.15) is 0 Å². The lowest BCUT2D eigenvalue weighted by Crippen LogP contribution is -2.47. The lowest BCUT2D eigenvalue weighted by molar-refractivity contribution is -0.123. The van der Waals surface area contributed by atoms with Crippen LogP contribution in [0.2, 0.25) is 0 Å². The largest absolute Gasteiger partial charge is 0.355 e. The summed E-state index contributed by atoms with van der Waals surface area (Å²) in [6, 6.07) is 8.26. The summed E-state index contributed by atoms with van der Waals surface area (Å²) in [6.45, 7) is 6.00. The minimum Gasteiger partial charge on any atom is -0.355 e. The van der Waals surface area contributed by atoms with Gasteiger partial charge in [-0.15, -0.1) is 0 Å². The van der Waals surface area contributed by atoms with Gasteiger partial charge in [0.25, 0.3) is 0 Å². The van der Waals surface area contributed by atoms with E-state index in [9.17, 15) is 4.79 Å². The molecule has 1 aliphatic rings. The van der Waals surface area contributed by atoms with Gasteiger partial charge in [-0.3, -0.25) is 4.79 Å². The second kappa shape index (κ2) is 6.71. The molecule has 1 heterocycles. The first-order chi connectivity index (χ1) is 9.16. The van der Waals surface area contributed by atoms with E-state index < -0.39 is 0 Å². The number of carbonyl (C=O) groups is 1. The number of hydrogen-bond acceptors (Lipinski definition) is 2. The quantitative estimate of drug-likeness (QED) is 0.797. The average Bonchev–Trinajstić information content (AvgIpc) is 2.42. The number of benzene rings is 1. The van der Waals surface area contributed by atoms with Gasteiger partial charge in [-0.25, -0.2) is 0 Å². The number of rotatable bonds is 5. The van der Waals surface area contributed by atoms with Crippen molar-refractivity contribution in [1.29, 1.82) is 0 Å². The maximum absolute atomic E-state index is 12.1. The van der Waals surface area contributed by atoms with Gasteiger partial charge in [0.2, 0.25) is 5.91 Å². The maximum atomic E-state index is 12.1. The van der Waals surface area contributed by atoms with Gasteiger partial charge in [0.05, 0.1) is 6.04 Å². The van der Waals surface area contributed by atoms with Crippen LogP contribution in [-0.4, -0.2) is 18.5 Å². The van der Waals surface area contributed by atoms with E-state index in [-0.39, 0.29) is 11.9 Å². The van der Waals surface area contributed by atoms with Crippen molar-refractivity contribution in [3.63, 3.8) is 0 Å². The van der Waals surface area contributed by atoms with Gasteiger partial charge >= 0.3 is 0 Å². The number of fused-ring (bicyclic) bond motifs is 1. The zero-order valence-electron chi connectivity index (χ0n) is 11.9. The van der Waals surface area contributed by atoms with Crippen molar-refractivity contribution >= 4 is 5.91 Å². The topological polar surface area (TPSA) is 41.1 Å². The SMILES string of the molecule is CC(C)CCCNC(=O)C1Cc2ccccc2CN1. The van der Waals surface area contributed by atoms with Crippen LogP contribution >= 0.6 is 0 Å². The fourth-order valence-corrected chi connectivity index (χ4v) is 2.48. The molecule has 1 aliphatic heterocycles. The van der Waals surface area contributed by atoms with Gasteiger partial charge in [-0.2, -0.15) is 0 Å². The Morgan fingerprint density at radius 2 is 2.11 bits per heavy atom. The number of carbonyl (C=O) groups excluding carboxylic acids is 1. The van der Waals surface area contributed by atoms with E-state index in [4.69, 9.17) is 0 Å². The van der Waals surface area contributed by atoms with Gasteiger partial charge in [0.15, 0.2) is 0 Å². The molecule has 1 atom stereocenters. The predicted octanol–water partition coefficient (Wildman–Crippen LogP) is 2.25. The van der Waals surface area contributed by atoms with E-state index in [2.05, 4.69) is 36.6 Å². The molecule has 0 aliphatic carbocycles. The fourth-order valence-electron chi connectivity index (χ4n) is 2.48. The molecule has 0 saturated carbocycles. The highest BCUT2D eigenvalue weighted by Crippen LogP contribution is 2.16. The molecule has 1 unspecified atom stereocenters. The molecule has 0 fully saturated rings. The van der Waals surface area contributed by atoms with Crippen molar-refractivity contribution in [2.75, 3.05) is 6.54 Å². The maximum Gasteiger partial charge on any atom is 0.237 e. The second-order valence-corrected chi connectivity index (χ2v) is 5.73. The van der Waals surface area contributed by atoms with Crippen molar-refractivity contribution in [3.8, 4) is 0 Å². The Balaban J connectivity index is 1.79. The van der Waals surface area contributed by atoms with Gasteiger partial charge < -0.3 is 10.6 Å². The summed E-state index contributed by atoms with van der Waals surface area (Å²) in [6.07, 6.45) is 3.03. The predicted molar refractivity (Wildman–Crippen MR) is 77.9 cm³/mol. The Hall–Kier alpha value is -1.35. The summed E-state index contributed by atoms with van der Waals surface area (Å²) in [5.74, 6) is 0.842. The molecule has 0 saturated heterocycles. The minimum absolute atomic E-state index is 0.0750. The molecule has 1 aromatic rings. The Bertz CT molecular complexity index is 429. The van der Waals surface area contributed by atoms with E-state index in [1.807, 2.05) is 12.1 Å². The Morgan fingerprint density at radius 3 is 2.84 bits per heavy atom. The third kappa shape index (κ3) is 4.06. The van der Waals surface area contributed by atoms with E-state index in [0.29, 0.717) is 5.92 Å². The molecule has 3 heteroatoms. The Labute approximate surface area is 115 Å². The molecule has 0 radical (unpaired) electrons. The Kier molecular flexibility index (Phi) is 4.97. The normalized spacial score (nSPS) is 18.2. The molecule has 2 rings (SSSR count). The van der Waals surface area contributed by atoms with Crippen molar-refractivity contribution in [2.45, 2.75) is 45.7 Å². The summed E-state index contributed by atoms with van der Waals surface area (Å²) in [5.41, 5.74) is 2.61. The third-order valence-electron chi connectivity index (χ3n) is 3.66. The zero-order chi connectivity index (χ0) is 13.7. The standard InChI is InChI=1S/C16H24N2O/c1-12(2)6-5-9-17-16(19)15-10-13-7-3-4-8-14(13)11-18-15/h3-4,7-8,12,15,18H,5-6,9-11H2,1-2H3,(H,17,19). The first-order valence-corrected chi connectivity index (χ1v) is 7.24. The smallest absolute Gasteiger partial charge is 0.237 e. The molecule has 0 aromatic heterocycles. The van der Waals surface area contributed by atoms with Crippen molar-refractivity contribution < 1.29 is 4.79 Å². The van der Waals surface area contributed by atoms with Crippen LogP contribution < -0.4 is 10.6 Å². The molecule has 0 spiro atoms. The summed E-state index contributed by atoms with van der Waals surface area (Å²) >= 11 is 0. The minimum atomic E-state index is -0.0750. The van der Waals surface area contributed by atoms with E-state index >= 15 is 0 Å². The van der Waals surface area contributed by atoms with Crippen LogP contribution in [0.5, 0.6) is 0 Å². The molecule has 0 bridgehead atoms. The molecule has 3 nitrogen and oxygen atoms in total. The van der Waals surface area contributed by atoms with Crippen LogP contribution in [0.15, 0.2) is 24.3 Å². The van der Waals surface area contributed by atoms with Crippen LogP contribution in [0.3, 0.4) is 0 Å². The lowest BCUT2D eigenvalue weighted by atomic mass is 9.95. The van der Waals surface area contributed by atoms with Gasteiger partial charge in [-0.05, 0) is 36.3 Å².